The molecule has 1 amide bonds. The van der Waals surface area contributed by atoms with E-state index >= 15 is 0 Å². The van der Waals surface area contributed by atoms with E-state index in [0.29, 0.717) is 18.5 Å². The van der Waals surface area contributed by atoms with E-state index in [4.69, 9.17) is 4.42 Å². The van der Waals surface area contributed by atoms with Gasteiger partial charge in [-0.2, -0.15) is 0 Å². The lowest BCUT2D eigenvalue weighted by Crippen LogP contribution is -2.40. The molecule has 0 atom stereocenters. The second-order valence-electron chi connectivity index (χ2n) is 7.66. The first-order valence-electron chi connectivity index (χ1n) is 10.1. The Morgan fingerprint density at radius 3 is 2.52 bits per heavy atom. The first-order valence-corrected chi connectivity index (χ1v) is 10.1. The van der Waals surface area contributed by atoms with Crippen LogP contribution < -0.4 is 10.2 Å². The molecule has 1 aromatic heterocycles. The average Bonchev–Trinajstić information content (AvgIpc) is 3.24. The molecule has 0 saturated carbocycles. The fraction of sp³-hybridized carbons (Fsp3) is 0.348. The largest absolute Gasteiger partial charge is 0.403 e. The zero-order chi connectivity index (χ0) is 20.2. The summed E-state index contributed by atoms with van der Waals surface area (Å²) in [7, 11) is 0. The molecule has 0 aliphatic carbocycles. The lowest BCUT2D eigenvalue weighted by atomic mass is 9.96. The van der Waals surface area contributed by atoms with Crippen LogP contribution in [-0.2, 0) is 11.3 Å². The zero-order valence-corrected chi connectivity index (χ0v) is 16.9. The van der Waals surface area contributed by atoms with Gasteiger partial charge in [-0.25, -0.2) is 0 Å². The second kappa shape index (κ2) is 8.47. The maximum Gasteiger partial charge on any atom is 0.318 e. The molecule has 1 aliphatic heterocycles. The van der Waals surface area contributed by atoms with Crippen molar-refractivity contribution in [2.75, 3.05) is 18.0 Å². The van der Waals surface area contributed by atoms with Gasteiger partial charge in [-0.1, -0.05) is 47.1 Å². The predicted octanol–water partition coefficient (Wildman–Crippen LogP) is 3.89. The van der Waals surface area contributed by atoms with Gasteiger partial charge in [0.1, 0.15) is 0 Å². The van der Waals surface area contributed by atoms with E-state index in [1.807, 2.05) is 43.3 Å². The number of hydrogen-bond donors (Lipinski definition) is 1. The van der Waals surface area contributed by atoms with Crippen LogP contribution in [0.1, 0.15) is 29.5 Å². The third-order valence-electron chi connectivity index (χ3n) is 5.56. The number of hydrogen-bond acceptors (Lipinski definition) is 5. The van der Waals surface area contributed by atoms with E-state index in [-0.39, 0.29) is 11.8 Å². The van der Waals surface area contributed by atoms with Crippen molar-refractivity contribution < 1.29 is 9.21 Å². The van der Waals surface area contributed by atoms with Crippen LogP contribution in [0.5, 0.6) is 0 Å². The smallest absolute Gasteiger partial charge is 0.318 e. The van der Waals surface area contributed by atoms with Gasteiger partial charge < -0.3 is 14.6 Å². The Balaban J connectivity index is 1.31. The fourth-order valence-corrected chi connectivity index (χ4v) is 3.62. The number of carbonyl (C=O) groups is 1. The number of nitrogens with zero attached hydrogens (tertiary/aromatic N) is 3. The number of aryl methyl sites for hydroxylation is 2. The number of carbonyl (C=O) groups excluding carboxylic acids is 1. The van der Waals surface area contributed by atoms with E-state index in [0.717, 1.165) is 37.1 Å². The number of aromatic nitrogens is 2. The molecule has 2 aromatic carbocycles. The molecule has 1 fully saturated rings. The van der Waals surface area contributed by atoms with E-state index in [1.54, 1.807) is 0 Å². The molecule has 4 rings (SSSR count). The van der Waals surface area contributed by atoms with Gasteiger partial charge in [-0.3, -0.25) is 4.79 Å². The molecule has 3 aromatic rings. The highest BCUT2D eigenvalue weighted by Gasteiger charge is 2.27. The topological polar surface area (TPSA) is 71.3 Å². The Labute approximate surface area is 170 Å². The summed E-state index contributed by atoms with van der Waals surface area (Å²) in [4.78, 5) is 14.6. The first-order chi connectivity index (χ1) is 14.1. The second-order valence-corrected chi connectivity index (χ2v) is 7.66. The highest BCUT2D eigenvalue weighted by molar-refractivity contribution is 5.79. The van der Waals surface area contributed by atoms with Crippen LogP contribution in [-0.4, -0.2) is 29.2 Å². The third kappa shape index (κ3) is 4.47. The lowest BCUT2D eigenvalue weighted by molar-refractivity contribution is -0.125. The summed E-state index contributed by atoms with van der Waals surface area (Å²) >= 11 is 0. The number of rotatable bonds is 5. The third-order valence-corrected chi connectivity index (χ3v) is 5.56. The summed E-state index contributed by atoms with van der Waals surface area (Å²) < 4.78 is 5.87. The molecule has 1 N–H and O–H groups in total. The quantitative estimate of drug-likeness (QED) is 0.716. The summed E-state index contributed by atoms with van der Waals surface area (Å²) in [5.41, 5.74) is 4.47. The number of nitrogens with one attached hydrogen (secondary N) is 1. The number of anilines is 1. The number of amides is 1. The van der Waals surface area contributed by atoms with Gasteiger partial charge in [0.2, 0.25) is 11.8 Å². The summed E-state index contributed by atoms with van der Waals surface area (Å²) in [6.45, 7) is 6.16. The van der Waals surface area contributed by atoms with Gasteiger partial charge in [0.15, 0.2) is 0 Å². The molecule has 150 valence electrons. The molecule has 1 aliphatic rings. The molecule has 2 heterocycles. The molecular formula is C23H26N4O2. The minimum Gasteiger partial charge on any atom is -0.403 e. The maximum atomic E-state index is 12.6. The molecule has 0 unspecified atom stereocenters. The van der Waals surface area contributed by atoms with E-state index in [2.05, 4.69) is 39.5 Å². The van der Waals surface area contributed by atoms with E-state index in [1.165, 1.54) is 11.1 Å². The Bertz CT molecular complexity index is 973. The Kier molecular flexibility index (Phi) is 5.60. The van der Waals surface area contributed by atoms with Gasteiger partial charge in [-0.05, 0) is 49.9 Å². The average molecular weight is 390 g/mol. The SMILES string of the molecule is Cc1ccc(-c2nnc(N3CCC(C(=O)NCc4ccccc4C)CC3)o2)cc1. The van der Waals surface area contributed by atoms with Crippen molar-refractivity contribution in [3.05, 3.63) is 65.2 Å². The van der Waals surface area contributed by atoms with Crippen molar-refractivity contribution in [2.24, 2.45) is 5.92 Å². The fourth-order valence-electron chi connectivity index (χ4n) is 3.62. The lowest BCUT2D eigenvalue weighted by Gasteiger charge is -2.29. The summed E-state index contributed by atoms with van der Waals surface area (Å²) in [5, 5.41) is 11.5. The Morgan fingerprint density at radius 2 is 1.79 bits per heavy atom. The molecule has 0 radical (unpaired) electrons. The van der Waals surface area contributed by atoms with Crippen molar-refractivity contribution in [1.82, 2.24) is 15.5 Å². The van der Waals surface area contributed by atoms with Gasteiger partial charge in [0, 0.05) is 31.1 Å². The normalized spacial score (nSPS) is 14.8. The van der Waals surface area contributed by atoms with Crippen molar-refractivity contribution in [3.8, 4) is 11.5 Å². The van der Waals surface area contributed by atoms with Gasteiger partial charge >= 0.3 is 6.01 Å². The monoisotopic (exact) mass is 390 g/mol. The van der Waals surface area contributed by atoms with Crippen LogP contribution in [0.2, 0.25) is 0 Å². The molecule has 6 heteroatoms. The molecular weight excluding hydrogens is 364 g/mol. The molecule has 29 heavy (non-hydrogen) atoms. The van der Waals surface area contributed by atoms with E-state index < -0.39 is 0 Å². The van der Waals surface area contributed by atoms with E-state index in [9.17, 15) is 4.79 Å². The van der Waals surface area contributed by atoms with Crippen LogP contribution in [0.3, 0.4) is 0 Å². The predicted molar refractivity (Wildman–Crippen MR) is 112 cm³/mol. The molecule has 6 nitrogen and oxygen atoms in total. The van der Waals surface area contributed by atoms with Crippen molar-refractivity contribution >= 4 is 11.9 Å². The van der Waals surface area contributed by atoms with Crippen LogP contribution in [0, 0.1) is 19.8 Å². The van der Waals surface area contributed by atoms with Crippen molar-refractivity contribution in [3.63, 3.8) is 0 Å². The number of benzene rings is 2. The van der Waals surface area contributed by atoms with Crippen molar-refractivity contribution in [2.45, 2.75) is 33.2 Å². The molecule has 0 bridgehead atoms. The van der Waals surface area contributed by atoms with Crippen LogP contribution >= 0.6 is 0 Å². The van der Waals surface area contributed by atoms with Crippen LogP contribution in [0.4, 0.5) is 6.01 Å². The van der Waals surface area contributed by atoms with Gasteiger partial charge in [0.25, 0.3) is 0 Å². The standard InChI is InChI=1S/C23H26N4O2/c1-16-7-9-19(10-8-16)22-25-26-23(29-22)27-13-11-18(12-14-27)21(28)24-15-20-6-4-3-5-17(20)2/h3-10,18H,11-15H2,1-2H3,(H,24,28). The van der Waals surface area contributed by atoms with Gasteiger partial charge in [-0.15, -0.1) is 5.10 Å². The van der Waals surface area contributed by atoms with Crippen LogP contribution in [0.15, 0.2) is 52.9 Å². The minimum atomic E-state index is 0.0229. The number of piperidine rings is 1. The van der Waals surface area contributed by atoms with Crippen molar-refractivity contribution in [1.29, 1.82) is 0 Å². The van der Waals surface area contributed by atoms with Crippen LogP contribution in [0.25, 0.3) is 11.5 Å². The minimum absolute atomic E-state index is 0.0229. The Morgan fingerprint density at radius 1 is 1.07 bits per heavy atom. The maximum absolute atomic E-state index is 12.6. The highest BCUT2D eigenvalue weighted by Crippen LogP contribution is 2.26. The Hall–Kier alpha value is -3.15. The van der Waals surface area contributed by atoms with Gasteiger partial charge in [0.05, 0.1) is 0 Å². The summed E-state index contributed by atoms with van der Waals surface area (Å²) in [6, 6.07) is 16.7. The zero-order valence-electron chi connectivity index (χ0n) is 16.9. The molecule has 0 spiro atoms. The molecule has 1 saturated heterocycles. The first kappa shape index (κ1) is 19.2. The summed E-state index contributed by atoms with van der Waals surface area (Å²) in [5.74, 6) is 0.673. The highest BCUT2D eigenvalue weighted by atomic mass is 16.4. The summed E-state index contributed by atoms with van der Waals surface area (Å²) in [6.07, 6.45) is 1.56.